The van der Waals surface area contributed by atoms with Crippen molar-refractivity contribution in [2.45, 2.75) is 116 Å². The lowest BCUT2D eigenvalue weighted by molar-refractivity contribution is 0.590. The van der Waals surface area contributed by atoms with Crippen LogP contribution < -0.4 is 0 Å². The summed E-state index contributed by atoms with van der Waals surface area (Å²) in [5, 5.41) is 0.753. The summed E-state index contributed by atoms with van der Waals surface area (Å²) in [5.74, 6) is 2.13. The van der Waals surface area contributed by atoms with E-state index in [1.807, 2.05) is 171 Å². The topological polar surface area (TPSA) is 46.5 Å². The molecule has 0 aliphatic rings. The van der Waals surface area contributed by atoms with Crippen LogP contribution in [0.3, 0.4) is 0 Å². The quantitative estimate of drug-likeness (QED) is 0.0606. The number of halogens is 2. The third-order valence-corrected chi connectivity index (χ3v) is 16.7. The lowest BCUT2D eigenvalue weighted by Gasteiger charge is -2.18. The largest absolute Gasteiger partial charge is 0.250 e. The van der Waals surface area contributed by atoms with Crippen LogP contribution in [0, 0.1) is 54.3 Å². The minimum absolute atomic E-state index is 0.194. The molecule has 3 nitrogen and oxygen atoms in total. The molecule has 0 radical (unpaired) electrons. The molecular weight excluding hydrogens is 1420 g/mol. The van der Waals surface area contributed by atoms with E-state index in [1.54, 1.807) is 12.1 Å². The van der Waals surface area contributed by atoms with Gasteiger partial charge in [-0.1, -0.05) is 274 Å². The first-order valence-electron chi connectivity index (χ1n) is 31.8. The van der Waals surface area contributed by atoms with Crippen LogP contribution in [0.5, 0.6) is 0 Å². The highest BCUT2D eigenvalue weighted by Gasteiger charge is 2.12. The van der Waals surface area contributed by atoms with Crippen LogP contribution in [0.15, 0.2) is 315 Å². The van der Waals surface area contributed by atoms with Crippen molar-refractivity contribution in [3.8, 4) is 0 Å². The Balaban J connectivity index is 0.000000552. The molecular formula is C86H99ClFNO2S9. The van der Waals surface area contributed by atoms with E-state index < -0.39 is 10.0 Å². The Morgan fingerprint density at radius 2 is 0.690 bits per heavy atom. The maximum Gasteiger partial charge on any atom is 0.250 e. The monoisotopic (exact) mass is 1520 g/mol. The summed E-state index contributed by atoms with van der Waals surface area (Å²) in [5.41, 5.74) is 17.3. The minimum Gasteiger partial charge on any atom is -0.207 e. The Hall–Kier alpha value is -6.46. The number of rotatable bonds is 7. The molecule has 0 bridgehead atoms. The van der Waals surface area contributed by atoms with Gasteiger partial charge in [-0.25, -0.2) is 12.8 Å². The van der Waals surface area contributed by atoms with E-state index in [0.717, 1.165) is 64.0 Å². The Kier molecular flexibility index (Phi) is 48.9. The first-order chi connectivity index (χ1) is 47.4. The second kappa shape index (κ2) is 53.4. The molecule has 0 N–H and O–H groups in total. The molecule has 11 aromatic rings. The molecule has 0 spiro atoms. The van der Waals surface area contributed by atoms with Gasteiger partial charge in [0.15, 0.2) is 0 Å². The Labute approximate surface area is 649 Å². The van der Waals surface area contributed by atoms with E-state index in [1.165, 1.54) is 79.5 Å². The van der Waals surface area contributed by atoms with E-state index in [0.29, 0.717) is 5.75 Å². The predicted octanol–water partition coefficient (Wildman–Crippen LogP) is 26.2. The average molecular weight is 1520 g/mol. The fraction of sp³-hybridized carbons (Fsp3) is 0.174. The Morgan fingerprint density at radius 1 is 0.390 bits per heavy atom. The zero-order chi connectivity index (χ0) is 74.9. The van der Waals surface area contributed by atoms with E-state index in [-0.39, 0.29) is 11.2 Å². The summed E-state index contributed by atoms with van der Waals surface area (Å²) >= 11 is 38.5. The molecule has 0 amide bonds. The fourth-order valence-corrected chi connectivity index (χ4v) is 9.14. The first-order valence-corrected chi connectivity index (χ1v) is 38.1. The van der Waals surface area contributed by atoms with Crippen LogP contribution in [0.4, 0.5) is 4.39 Å². The minimum atomic E-state index is -3.26. The lowest BCUT2D eigenvalue weighted by Crippen LogP contribution is -2.10. The van der Waals surface area contributed by atoms with Gasteiger partial charge in [-0.05, 0) is 189 Å². The van der Waals surface area contributed by atoms with Crippen LogP contribution in [0.1, 0.15) is 98.7 Å². The summed E-state index contributed by atoms with van der Waals surface area (Å²) in [4.78, 5) is 5.04. The standard InChI is InChI=1S/C11H16S.C9H11NO2S.2C9H10.C8H10S.C7H7FS.3C7H8S.C6H5ClS.C6H6S/c1-11(2,3)10-6-4-9(8-12)5-7-10;1-8-3-5-9(6-4-8)7-10-13(2,11)12;2*1-3-9-6-4-8(2)5-7-9;1-6-3-4-8(9)5-7(6)2;8-7-3-1-6(5-9)2-4-7;2*1-6-2-4-7(8)5-3-6;8-6-7-4-2-1-3-5-7;7-5-1-3-6(8)4-2-5;7-6-4-2-1-3-5-6/h4-7,12H,8H2,1-3H3;3-7H,1-2H3;2*3-7H,1H2,2H3;3-5,9H,1-2H3;1-4,9H,5H2;2*2-5,8H,1H3;1-5,8H,6H2;1-4,8H;1-5,7H. The van der Waals surface area contributed by atoms with Crippen molar-refractivity contribution in [3.05, 3.63) is 375 Å². The van der Waals surface area contributed by atoms with Gasteiger partial charge in [0, 0.05) is 53.0 Å². The van der Waals surface area contributed by atoms with Crippen LogP contribution in [0.2, 0.25) is 5.02 Å². The maximum absolute atomic E-state index is 12.2. The summed E-state index contributed by atoms with van der Waals surface area (Å²) in [6.45, 7) is 28.4. The number of aryl methyl sites for hydroxylation is 7. The van der Waals surface area contributed by atoms with Crippen LogP contribution >= 0.6 is 113 Å². The summed E-state index contributed by atoms with van der Waals surface area (Å²) < 4.78 is 36.9. The molecule has 11 aromatic carbocycles. The number of hydrogen-bond donors (Lipinski definition) is 8. The van der Waals surface area contributed by atoms with E-state index in [9.17, 15) is 12.8 Å². The van der Waals surface area contributed by atoms with Crippen molar-refractivity contribution < 1.29 is 12.8 Å². The molecule has 0 heterocycles. The number of benzene rings is 11. The molecule has 528 valence electrons. The van der Waals surface area contributed by atoms with Gasteiger partial charge in [0.1, 0.15) is 5.82 Å². The van der Waals surface area contributed by atoms with E-state index >= 15 is 0 Å². The van der Waals surface area contributed by atoms with Crippen molar-refractivity contribution in [1.29, 1.82) is 0 Å². The van der Waals surface area contributed by atoms with Gasteiger partial charge < -0.3 is 0 Å². The highest BCUT2D eigenvalue weighted by molar-refractivity contribution is 7.89. The second-order valence-electron chi connectivity index (χ2n) is 23.4. The summed E-state index contributed by atoms with van der Waals surface area (Å²) in [6, 6.07) is 88.6. The second-order valence-corrected chi connectivity index (χ2v) is 29.0. The van der Waals surface area contributed by atoms with Crippen molar-refractivity contribution in [2.24, 2.45) is 4.40 Å². The molecule has 0 aromatic heterocycles. The first kappa shape index (κ1) is 91.6. The van der Waals surface area contributed by atoms with Gasteiger partial charge in [0.2, 0.25) is 10.0 Å². The van der Waals surface area contributed by atoms with Crippen LogP contribution in [0.25, 0.3) is 12.2 Å². The van der Waals surface area contributed by atoms with Crippen molar-refractivity contribution in [1.82, 2.24) is 0 Å². The highest BCUT2D eigenvalue weighted by Crippen LogP contribution is 2.23. The molecule has 0 aliphatic carbocycles. The lowest BCUT2D eigenvalue weighted by atomic mass is 9.87. The third-order valence-electron chi connectivity index (χ3n) is 13.4. The van der Waals surface area contributed by atoms with Crippen LogP contribution in [-0.2, 0) is 32.7 Å². The van der Waals surface area contributed by atoms with Gasteiger partial charge in [-0.2, -0.15) is 42.3 Å². The number of hydrogen-bond acceptors (Lipinski definition) is 10. The van der Waals surface area contributed by atoms with E-state index in [4.69, 9.17) is 11.6 Å². The zero-order valence-electron chi connectivity index (χ0n) is 59.3. The molecule has 11 rings (SSSR count). The van der Waals surface area contributed by atoms with Gasteiger partial charge >= 0.3 is 0 Å². The highest BCUT2D eigenvalue weighted by atomic mass is 35.5. The fourth-order valence-electron chi connectivity index (χ4n) is 7.18. The number of thiol groups is 8. The average Bonchev–Trinajstić information content (AvgIpc) is 0.896. The molecule has 14 heteroatoms. The Morgan fingerprint density at radius 3 is 0.960 bits per heavy atom. The molecule has 0 aliphatic heterocycles. The molecule has 100 heavy (non-hydrogen) atoms. The van der Waals surface area contributed by atoms with Crippen molar-refractivity contribution >= 4 is 141 Å². The molecule has 0 saturated heterocycles. The molecule has 0 fully saturated rings. The SMILES string of the molecule is C=Cc1ccc(C)cc1.C=Cc1ccc(C)cc1.CC(C)(C)c1ccc(CS)cc1.Cc1ccc(C=NS(C)(=O)=O)cc1.Cc1ccc(S)cc1.Cc1ccc(S)cc1.Cc1ccc(S)cc1C.Fc1ccc(CS)cc1.SCc1ccccc1.Sc1ccc(Cl)cc1.Sc1ccccc1. The maximum atomic E-state index is 12.2. The number of sulfonamides is 1. The van der Waals surface area contributed by atoms with Gasteiger partial charge in [-0.3, -0.25) is 0 Å². The third kappa shape index (κ3) is 48.4. The van der Waals surface area contributed by atoms with Gasteiger partial charge in [0.25, 0.3) is 0 Å². The normalized spacial score (nSPS) is 9.89. The van der Waals surface area contributed by atoms with Crippen LogP contribution in [-0.4, -0.2) is 20.9 Å². The molecule has 0 atom stereocenters. The molecule has 0 saturated carbocycles. The van der Waals surface area contributed by atoms with Crippen molar-refractivity contribution in [3.63, 3.8) is 0 Å². The summed E-state index contributed by atoms with van der Waals surface area (Å²) in [6.07, 6.45) is 6.10. The Bertz CT molecular complexity index is 3860. The van der Waals surface area contributed by atoms with E-state index in [2.05, 4.69) is 278 Å². The predicted molar refractivity (Wildman–Crippen MR) is 465 cm³/mol. The molecule has 0 unspecified atom stereocenters. The van der Waals surface area contributed by atoms with Gasteiger partial charge in [-0.15, -0.1) is 63.1 Å². The van der Waals surface area contributed by atoms with Crippen molar-refractivity contribution in [2.75, 3.05) is 6.26 Å². The van der Waals surface area contributed by atoms with Gasteiger partial charge in [0.05, 0.1) is 6.26 Å². The summed E-state index contributed by atoms with van der Waals surface area (Å²) in [7, 11) is -3.26. The number of nitrogens with zero attached hydrogens (tertiary/aromatic N) is 1. The smallest absolute Gasteiger partial charge is 0.207 e. The zero-order valence-corrected chi connectivity index (χ0v) is 68.0.